The Kier molecular flexibility index (Phi) is 5.43. The van der Waals surface area contributed by atoms with E-state index in [9.17, 15) is 18.4 Å². The average molecular weight is 483 g/mol. The third-order valence-electron chi connectivity index (χ3n) is 4.92. The molecule has 10 heteroatoms. The Hall–Kier alpha value is -3.56. The van der Waals surface area contributed by atoms with E-state index in [-0.39, 0.29) is 27.5 Å². The number of aromatic nitrogens is 4. The number of fused-ring (bicyclic) bond motifs is 2. The summed E-state index contributed by atoms with van der Waals surface area (Å²) in [5.41, 5.74) is 0.361. The van der Waals surface area contributed by atoms with Gasteiger partial charge < -0.3 is 0 Å². The van der Waals surface area contributed by atoms with Gasteiger partial charge in [-0.15, -0.1) is 0 Å². The summed E-state index contributed by atoms with van der Waals surface area (Å²) in [6.07, 6.45) is 1.62. The highest BCUT2D eigenvalue weighted by atomic mass is 35.5. The largest absolute Gasteiger partial charge is 0.269 e. The lowest BCUT2D eigenvalue weighted by atomic mass is 10.2. The molecule has 5 aromatic rings. The fourth-order valence-corrected chi connectivity index (χ4v) is 4.49. The first kappa shape index (κ1) is 21.3. The molecule has 0 radical (unpaired) electrons. The zero-order valence-electron chi connectivity index (χ0n) is 16.7. The van der Waals surface area contributed by atoms with Gasteiger partial charge in [-0.25, -0.2) is 18.7 Å². The molecule has 0 unspecified atom stereocenters. The van der Waals surface area contributed by atoms with Crippen LogP contribution in [0.2, 0.25) is 5.02 Å². The van der Waals surface area contributed by atoms with Gasteiger partial charge in [0.05, 0.1) is 22.3 Å². The highest BCUT2D eigenvalue weighted by Crippen LogP contribution is 2.26. The van der Waals surface area contributed by atoms with Crippen molar-refractivity contribution in [3.63, 3.8) is 0 Å². The Morgan fingerprint density at radius 3 is 2.64 bits per heavy atom. The second-order valence-electron chi connectivity index (χ2n) is 7.10. The van der Waals surface area contributed by atoms with E-state index in [4.69, 9.17) is 11.6 Å². The molecule has 0 saturated heterocycles. The monoisotopic (exact) mass is 482 g/mol. The molecule has 3 heterocycles. The number of hydrogen-bond acceptors (Lipinski definition) is 5. The van der Waals surface area contributed by atoms with Crippen LogP contribution in [-0.4, -0.2) is 18.9 Å². The fourth-order valence-electron chi connectivity index (χ4n) is 3.42. The molecule has 0 N–H and O–H groups in total. The van der Waals surface area contributed by atoms with E-state index in [2.05, 4.69) is 9.97 Å². The summed E-state index contributed by atoms with van der Waals surface area (Å²) in [4.78, 5) is 34.7. The summed E-state index contributed by atoms with van der Waals surface area (Å²) in [5.74, 6) is -1.49. The molecule has 0 fully saturated rings. The molecular formula is C23H13ClF2N4O2S. The van der Waals surface area contributed by atoms with E-state index in [1.54, 1.807) is 36.5 Å². The van der Waals surface area contributed by atoms with Gasteiger partial charge >= 0.3 is 0 Å². The van der Waals surface area contributed by atoms with Crippen LogP contribution in [0.15, 0.2) is 81.6 Å². The van der Waals surface area contributed by atoms with E-state index < -0.39 is 17.2 Å². The summed E-state index contributed by atoms with van der Waals surface area (Å²) in [6, 6.07) is 14.2. The predicted octanol–water partition coefficient (Wildman–Crippen LogP) is 4.62. The minimum Gasteiger partial charge on any atom is -0.269 e. The minimum atomic E-state index is -0.913. The van der Waals surface area contributed by atoms with Crippen molar-refractivity contribution in [1.82, 2.24) is 18.9 Å². The van der Waals surface area contributed by atoms with Crippen LogP contribution in [0.25, 0.3) is 22.2 Å². The topological polar surface area (TPSA) is 69.3 Å². The van der Waals surface area contributed by atoms with E-state index >= 15 is 0 Å². The van der Waals surface area contributed by atoms with Crippen molar-refractivity contribution < 1.29 is 8.78 Å². The lowest BCUT2D eigenvalue weighted by Crippen LogP contribution is -2.23. The highest BCUT2D eigenvalue weighted by molar-refractivity contribution is 7.98. The maximum Gasteiger partial charge on any atom is 0.266 e. The van der Waals surface area contributed by atoms with Crippen LogP contribution in [0.5, 0.6) is 0 Å². The summed E-state index contributed by atoms with van der Waals surface area (Å²) in [5, 5.41) is 0.682. The van der Waals surface area contributed by atoms with Crippen LogP contribution in [0.3, 0.4) is 0 Å². The van der Waals surface area contributed by atoms with Crippen LogP contribution < -0.4 is 11.1 Å². The van der Waals surface area contributed by atoms with Gasteiger partial charge in [-0.3, -0.25) is 18.6 Å². The van der Waals surface area contributed by atoms with Gasteiger partial charge in [-0.1, -0.05) is 29.4 Å². The summed E-state index contributed by atoms with van der Waals surface area (Å²) >= 11 is 7.15. The van der Waals surface area contributed by atoms with Crippen LogP contribution >= 0.6 is 23.4 Å². The fraction of sp³-hybridized carbons (Fsp3) is 0.0435. The highest BCUT2D eigenvalue weighted by Gasteiger charge is 2.18. The van der Waals surface area contributed by atoms with Gasteiger partial charge in [0.1, 0.15) is 17.3 Å². The Morgan fingerprint density at radius 1 is 0.970 bits per heavy atom. The van der Waals surface area contributed by atoms with E-state index in [0.717, 1.165) is 22.4 Å². The van der Waals surface area contributed by atoms with Crippen LogP contribution in [-0.2, 0) is 5.75 Å². The molecule has 164 valence electrons. The lowest BCUT2D eigenvalue weighted by molar-refractivity contribution is 0.572. The first-order valence-corrected chi connectivity index (χ1v) is 11.0. The van der Waals surface area contributed by atoms with Crippen molar-refractivity contribution in [3.8, 4) is 5.69 Å². The molecule has 6 nitrogen and oxygen atoms in total. The van der Waals surface area contributed by atoms with Crippen molar-refractivity contribution in [2.24, 2.45) is 0 Å². The number of hydrogen-bond donors (Lipinski definition) is 0. The van der Waals surface area contributed by atoms with Crippen molar-refractivity contribution in [2.45, 2.75) is 10.9 Å². The number of rotatable bonds is 4. The molecule has 0 atom stereocenters. The quantitative estimate of drug-likeness (QED) is 0.276. The Balaban J connectivity index is 1.65. The average Bonchev–Trinajstić information content (AvgIpc) is 2.79. The van der Waals surface area contributed by atoms with Crippen molar-refractivity contribution in [2.75, 3.05) is 0 Å². The standard InChI is InChI=1S/C23H13ClF2N4O2S/c24-13-4-6-18-16(9-13)22(32)30(19-7-5-14(25)10-17(19)26)23(28-18)33-12-15-11-21(31)29-8-2-1-3-20(29)27-15/h1-11H,12H2. The molecule has 0 bridgehead atoms. The molecule has 0 aliphatic heterocycles. The number of pyridine rings is 1. The first-order valence-electron chi connectivity index (χ1n) is 9.68. The normalized spacial score (nSPS) is 11.4. The second-order valence-corrected chi connectivity index (χ2v) is 8.47. The van der Waals surface area contributed by atoms with Crippen molar-refractivity contribution in [3.05, 3.63) is 110 Å². The molecule has 0 saturated carbocycles. The number of benzene rings is 2. The molecule has 0 aliphatic carbocycles. The minimum absolute atomic E-state index is 0.148. The Morgan fingerprint density at radius 2 is 1.82 bits per heavy atom. The smallest absolute Gasteiger partial charge is 0.266 e. The molecule has 0 amide bonds. The molecular weight excluding hydrogens is 470 g/mol. The number of nitrogens with zero attached hydrogens (tertiary/aromatic N) is 4. The molecule has 0 aliphatic rings. The third kappa shape index (κ3) is 4.01. The van der Waals surface area contributed by atoms with Crippen LogP contribution in [0.1, 0.15) is 5.69 Å². The lowest BCUT2D eigenvalue weighted by Gasteiger charge is -2.14. The Labute approximate surface area is 194 Å². The third-order valence-corrected chi connectivity index (χ3v) is 6.13. The first-order chi connectivity index (χ1) is 15.9. The molecule has 3 aromatic heterocycles. The van der Waals surface area contributed by atoms with E-state index in [0.29, 0.717) is 27.9 Å². The molecule has 0 spiro atoms. The van der Waals surface area contributed by atoms with Gasteiger partial charge in [0.25, 0.3) is 11.1 Å². The Bertz CT molecular complexity index is 1670. The summed E-state index contributed by atoms with van der Waals surface area (Å²) < 4.78 is 30.6. The zero-order chi connectivity index (χ0) is 23.1. The van der Waals surface area contributed by atoms with Gasteiger partial charge in [-0.2, -0.15) is 0 Å². The van der Waals surface area contributed by atoms with Gasteiger partial charge in [-0.05, 0) is 42.5 Å². The SMILES string of the molecule is O=c1c2cc(Cl)ccc2nc(SCc2cc(=O)n3ccccc3n2)n1-c1ccc(F)cc1F. The van der Waals surface area contributed by atoms with Gasteiger partial charge in [0.15, 0.2) is 5.16 Å². The van der Waals surface area contributed by atoms with Gasteiger partial charge in [0.2, 0.25) is 0 Å². The second kappa shape index (κ2) is 8.42. The van der Waals surface area contributed by atoms with Crippen molar-refractivity contribution in [1.29, 1.82) is 0 Å². The van der Waals surface area contributed by atoms with Crippen molar-refractivity contribution >= 4 is 39.9 Å². The maximum atomic E-state index is 14.6. The molecule has 33 heavy (non-hydrogen) atoms. The summed E-state index contributed by atoms with van der Waals surface area (Å²) in [7, 11) is 0. The number of thioether (sulfide) groups is 1. The maximum absolute atomic E-state index is 14.6. The molecule has 2 aromatic carbocycles. The van der Waals surface area contributed by atoms with E-state index in [1.807, 2.05) is 0 Å². The van der Waals surface area contributed by atoms with Crippen LogP contribution in [0, 0.1) is 11.6 Å². The summed E-state index contributed by atoms with van der Waals surface area (Å²) in [6.45, 7) is 0. The zero-order valence-corrected chi connectivity index (χ0v) is 18.3. The molecule has 5 rings (SSSR count). The predicted molar refractivity (Wildman–Crippen MR) is 123 cm³/mol. The number of halogens is 3. The van der Waals surface area contributed by atoms with Gasteiger partial charge in [0, 0.05) is 29.1 Å². The van der Waals surface area contributed by atoms with Crippen LogP contribution in [0.4, 0.5) is 8.78 Å². The van der Waals surface area contributed by atoms with E-state index in [1.165, 1.54) is 22.6 Å².